The number of carbonyl (C=O) groups is 1. The Bertz CT molecular complexity index is 849. The van der Waals surface area contributed by atoms with Gasteiger partial charge in [-0.2, -0.15) is 0 Å². The minimum absolute atomic E-state index is 0.0649. The number of rotatable bonds is 13. The number of benzene rings is 2. The van der Waals surface area contributed by atoms with Gasteiger partial charge in [-0.05, 0) is 55.8 Å². The van der Waals surface area contributed by atoms with Gasteiger partial charge in [0.05, 0.1) is 13.7 Å². The fourth-order valence-corrected chi connectivity index (χ4v) is 3.67. The van der Waals surface area contributed by atoms with Crippen LogP contribution in [0.5, 0.6) is 17.2 Å². The number of halogens is 1. The molecular formula is C24H31FN2O5. The van der Waals surface area contributed by atoms with Crippen LogP contribution in [0.2, 0.25) is 0 Å². The van der Waals surface area contributed by atoms with Crippen LogP contribution in [0, 0.1) is 5.82 Å². The first kappa shape index (κ1) is 23.8. The quantitative estimate of drug-likeness (QED) is 0.461. The fourth-order valence-electron chi connectivity index (χ4n) is 3.67. The average Bonchev–Trinajstić information content (AvgIpc) is 3.15. The van der Waals surface area contributed by atoms with Crippen LogP contribution in [0.3, 0.4) is 0 Å². The molecule has 1 aliphatic rings. The van der Waals surface area contributed by atoms with E-state index < -0.39 is 6.10 Å². The first-order chi connectivity index (χ1) is 15.5. The molecule has 1 amide bonds. The summed E-state index contributed by atoms with van der Waals surface area (Å²) in [5.41, 5.74) is 0. The van der Waals surface area contributed by atoms with E-state index in [0.29, 0.717) is 36.8 Å². The smallest absolute Gasteiger partial charge is 0.222 e. The Morgan fingerprint density at radius 2 is 1.91 bits per heavy atom. The van der Waals surface area contributed by atoms with Crippen molar-refractivity contribution in [1.29, 1.82) is 0 Å². The molecule has 2 atom stereocenters. The number of carbonyl (C=O) groups excluding carboxylic acids is 1. The highest BCUT2D eigenvalue weighted by molar-refractivity contribution is 5.78. The lowest BCUT2D eigenvalue weighted by molar-refractivity contribution is -0.130. The second kappa shape index (κ2) is 12.3. The van der Waals surface area contributed by atoms with E-state index in [1.165, 1.54) is 12.1 Å². The van der Waals surface area contributed by atoms with Gasteiger partial charge in [0.25, 0.3) is 0 Å². The number of β-amino-alcohol motifs (C(OH)–C–C–N with tert-alkyl or cyclic N) is 1. The van der Waals surface area contributed by atoms with Gasteiger partial charge in [0.2, 0.25) is 5.91 Å². The van der Waals surface area contributed by atoms with Crippen molar-refractivity contribution in [2.75, 3.05) is 40.0 Å². The number of hydrogen-bond acceptors (Lipinski definition) is 6. The molecule has 0 unspecified atom stereocenters. The molecule has 0 saturated carbocycles. The minimum Gasteiger partial charge on any atom is -0.497 e. The summed E-state index contributed by atoms with van der Waals surface area (Å²) in [5, 5.41) is 13.7. The molecule has 0 spiro atoms. The number of amides is 1. The van der Waals surface area contributed by atoms with E-state index in [-0.39, 0.29) is 30.9 Å². The monoisotopic (exact) mass is 446 g/mol. The Morgan fingerprint density at radius 3 is 2.69 bits per heavy atom. The van der Waals surface area contributed by atoms with Crippen molar-refractivity contribution in [2.45, 2.75) is 31.4 Å². The van der Waals surface area contributed by atoms with Crippen LogP contribution in [-0.4, -0.2) is 68.0 Å². The van der Waals surface area contributed by atoms with Gasteiger partial charge in [0.15, 0.2) is 0 Å². The van der Waals surface area contributed by atoms with Gasteiger partial charge in [-0.25, -0.2) is 4.39 Å². The third-order valence-electron chi connectivity index (χ3n) is 5.36. The summed E-state index contributed by atoms with van der Waals surface area (Å²) in [5.74, 6) is 1.70. The van der Waals surface area contributed by atoms with Crippen molar-refractivity contribution in [3.8, 4) is 17.2 Å². The highest BCUT2D eigenvalue weighted by Crippen LogP contribution is 2.22. The van der Waals surface area contributed by atoms with Crippen molar-refractivity contribution in [3.63, 3.8) is 0 Å². The molecule has 1 saturated heterocycles. The molecule has 8 heteroatoms. The number of aliphatic hydroxyl groups excluding tert-OH is 1. The number of hydrogen-bond donors (Lipinski definition) is 2. The maximum atomic E-state index is 12.9. The molecule has 1 aliphatic heterocycles. The standard InChI is InChI=1S/C24H31FN2O5/c1-30-22-3-2-4-23(15-22)32-17-20(28)16-27-19(7-10-24(27)29)11-12-26-13-14-31-21-8-5-18(25)6-9-21/h2-6,8-9,15,19-20,26,28H,7,10-14,16-17H2,1H3/t19-,20-/m0/s1. The summed E-state index contributed by atoms with van der Waals surface area (Å²) in [7, 11) is 1.58. The molecule has 0 radical (unpaired) electrons. The van der Waals surface area contributed by atoms with E-state index in [4.69, 9.17) is 14.2 Å². The number of nitrogens with zero attached hydrogens (tertiary/aromatic N) is 1. The molecule has 2 aromatic carbocycles. The van der Waals surface area contributed by atoms with Crippen LogP contribution < -0.4 is 19.5 Å². The van der Waals surface area contributed by atoms with Gasteiger partial charge in [0, 0.05) is 25.1 Å². The molecular weight excluding hydrogens is 415 g/mol. The van der Waals surface area contributed by atoms with Gasteiger partial charge in [-0.3, -0.25) is 4.79 Å². The van der Waals surface area contributed by atoms with Crippen LogP contribution >= 0.6 is 0 Å². The van der Waals surface area contributed by atoms with Crippen molar-refractivity contribution in [1.82, 2.24) is 10.2 Å². The van der Waals surface area contributed by atoms with Crippen LogP contribution in [0.15, 0.2) is 48.5 Å². The first-order valence-electron chi connectivity index (χ1n) is 10.9. The molecule has 174 valence electrons. The predicted octanol–water partition coefficient (Wildman–Crippen LogP) is 2.62. The Morgan fingerprint density at radius 1 is 1.12 bits per heavy atom. The van der Waals surface area contributed by atoms with Gasteiger partial charge in [0.1, 0.15) is 42.4 Å². The molecule has 32 heavy (non-hydrogen) atoms. The topological polar surface area (TPSA) is 80.3 Å². The average molecular weight is 447 g/mol. The van der Waals surface area contributed by atoms with Crippen molar-refractivity contribution < 1.29 is 28.5 Å². The number of ether oxygens (including phenoxy) is 3. The zero-order chi connectivity index (χ0) is 22.8. The van der Waals surface area contributed by atoms with Gasteiger partial charge in [-0.15, -0.1) is 0 Å². The number of nitrogens with one attached hydrogen (secondary N) is 1. The molecule has 2 N–H and O–H groups in total. The zero-order valence-electron chi connectivity index (χ0n) is 18.3. The summed E-state index contributed by atoms with van der Waals surface area (Å²) in [6.45, 7) is 2.20. The normalized spacial score (nSPS) is 16.8. The molecule has 2 aromatic rings. The first-order valence-corrected chi connectivity index (χ1v) is 10.9. The summed E-state index contributed by atoms with van der Waals surface area (Å²) in [4.78, 5) is 14.0. The molecule has 0 bridgehead atoms. The molecule has 0 aromatic heterocycles. The van der Waals surface area contributed by atoms with Crippen molar-refractivity contribution in [3.05, 3.63) is 54.3 Å². The van der Waals surface area contributed by atoms with E-state index in [1.54, 1.807) is 36.3 Å². The third kappa shape index (κ3) is 7.39. The van der Waals surface area contributed by atoms with Crippen LogP contribution in [-0.2, 0) is 4.79 Å². The highest BCUT2D eigenvalue weighted by atomic mass is 19.1. The Kier molecular flexibility index (Phi) is 9.13. The predicted molar refractivity (Wildman–Crippen MR) is 119 cm³/mol. The Labute approximate surface area is 188 Å². The largest absolute Gasteiger partial charge is 0.497 e. The van der Waals surface area contributed by atoms with Crippen molar-refractivity contribution in [2.24, 2.45) is 0 Å². The number of likely N-dealkylation sites (tertiary alicyclic amines) is 1. The van der Waals surface area contributed by atoms with Crippen LogP contribution in [0.25, 0.3) is 0 Å². The Hall–Kier alpha value is -2.84. The van der Waals surface area contributed by atoms with Crippen molar-refractivity contribution >= 4 is 5.91 Å². The third-order valence-corrected chi connectivity index (χ3v) is 5.36. The summed E-state index contributed by atoms with van der Waals surface area (Å²) in [6.07, 6.45) is 1.31. The second-order valence-electron chi connectivity index (χ2n) is 7.72. The lowest BCUT2D eigenvalue weighted by Gasteiger charge is -2.27. The van der Waals surface area contributed by atoms with E-state index >= 15 is 0 Å². The lowest BCUT2D eigenvalue weighted by atomic mass is 10.1. The molecule has 1 fully saturated rings. The maximum absolute atomic E-state index is 12.9. The van der Waals surface area contributed by atoms with Gasteiger partial charge >= 0.3 is 0 Å². The molecule has 1 heterocycles. The van der Waals surface area contributed by atoms with Crippen LogP contribution in [0.1, 0.15) is 19.3 Å². The van der Waals surface area contributed by atoms with E-state index in [0.717, 1.165) is 19.4 Å². The van der Waals surface area contributed by atoms with Gasteiger partial charge in [-0.1, -0.05) is 6.07 Å². The number of methoxy groups -OCH3 is 1. The second-order valence-corrected chi connectivity index (χ2v) is 7.72. The molecule has 7 nitrogen and oxygen atoms in total. The SMILES string of the molecule is COc1cccc(OC[C@@H](O)CN2C(=O)CC[C@H]2CCNCCOc2ccc(F)cc2)c1. The van der Waals surface area contributed by atoms with E-state index in [9.17, 15) is 14.3 Å². The van der Waals surface area contributed by atoms with E-state index in [1.807, 2.05) is 12.1 Å². The minimum atomic E-state index is -0.775. The molecule has 0 aliphatic carbocycles. The highest BCUT2D eigenvalue weighted by Gasteiger charge is 2.31. The zero-order valence-corrected chi connectivity index (χ0v) is 18.3. The maximum Gasteiger partial charge on any atom is 0.222 e. The fraction of sp³-hybridized carbons (Fsp3) is 0.458. The Balaban J connectivity index is 1.34. The lowest BCUT2D eigenvalue weighted by Crippen LogP contribution is -2.42. The summed E-state index contributed by atoms with van der Waals surface area (Å²) in [6, 6.07) is 13.2. The van der Waals surface area contributed by atoms with E-state index in [2.05, 4.69) is 5.32 Å². The van der Waals surface area contributed by atoms with Gasteiger partial charge < -0.3 is 29.5 Å². The molecule has 3 rings (SSSR count). The summed E-state index contributed by atoms with van der Waals surface area (Å²) < 4.78 is 29.2. The van der Waals surface area contributed by atoms with Crippen LogP contribution in [0.4, 0.5) is 4.39 Å². The number of aliphatic hydroxyl groups is 1. The summed E-state index contributed by atoms with van der Waals surface area (Å²) >= 11 is 0.